The molecule has 1 rings (SSSR count). The van der Waals surface area contributed by atoms with Gasteiger partial charge in [0.1, 0.15) is 5.70 Å². The molecule has 0 fully saturated rings. The Balaban J connectivity index is 2.54. The molecule has 0 unspecified atom stereocenters. The van der Waals surface area contributed by atoms with Gasteiger partial charge in [-0.1, -0.05) is 62.9 Å². The Hall–Kier alpha value is -2.10. The standard InChI is InChI=1S/C18H26N2O2/c1-3-4-5-6-10-13-19-18(22)17(20-15(2)21)14-16-11-8-7-9-12-16/h7-9,11-12,14H,3-6,10,13H2,1-2H3,(H,19,22)(H,20,21)/b17-14+. The zero-order valence-electron chi connectivity index (χ0n) is 13.5. The summed E-state index contributed by atoms with van der Waals surface area (Å²) < 4.78 is 0. The van der Waals surface area contributed by atoms with Gasteiger partial charge in [0, 0.05) is 13.5 Å². The van der Waals surface area contributed by atoms with Crippen molar-refractivity contribution >= 4 is 17.9 Å². The quantitative estimate of drug-likeness (QED) is 0.543. The topological polar surface area (TPSA) is 58.2 Å². The molecule has 0 bridgehead atoms. The summed E-state index contributed by atoms with van der Waals surface area (Å²) in [6.07, 6.45) is 7.41. The number of hydrogen-bond acceptors (Lipinski definition) is 2. The molecule has 4 heteroatoms. The zero-order valence-corrected chi connectivity index (χ0v) is 13.5. The van der Waals surface area contributed by atoms with Crippen molar-refractivity contribution in [3.05, 3.63) is 41.6 Å². The number of carbonyl (C=O) groups excluding carboxylic acids is 2. The lowest BCUT2D eigenvalue weighted by Crippen LogP contribution is -2.34. The van der Waals surface area contributed by atoms with Gasteiger partial charge in [-0.25, -0.2) is 0 Å². The van der Waals surface area contributed by atoms with Gasteiger partial charge in [-0.2, -0.15) is 0 Å². The minimum atomic E-state index is -0.250. The molecular weight excluding hydrogens is 276 g/mol. The normalized spacial score (nSPS) is 11.1. The average Bonchev–Trinajstić information content (AvgIpc) is 2.50. The molecule has 0 aromatic heterocycles. The monoisotopic (exact) mass is 302 g/mol. The van der Waals surface area contributed by atoms with Crippen LogP contribution in [0.3, 0.4) is 0 Å². The fourth-order valence-electron chi connectivity index (χ4n) is 2.09. The van der Waals surface area contributed by atoms with Crippen molar-refractivity contribution in [2.45, 2.75) is 46.0 Å². The van der Waals surface area contributed by atoms with E-state index in [4.69, 9.17) is 0 Å². The highest BCUT2D eigenvalue weighted by molar-refractivity contribution is 6.00. The summed E-state index contributed by atoms with van der Waals surface area (Å²) in [5.41, 5.74) is 1.16. The van der Waals surface area contributed by atoms with Crippen molar-refractivity contribution in [2.24, 2.45) is 0 Å². The van der Waals surface area contributed by atoms with E-state index in [9.17, 15) is 9.59 Å². The van der Waals surface area contributed by atoms with Gasteiger partial charge in [-0.15, -0.1) is 0 Å². The molecule has 0 aliphatic rings. The molecule has 0 saturated heterocycles. The van der Waals surface area contributed by atoms with Crippen molar-refractivity contribution in [1.29, 1.82) is 0 Å². The van der Waals surface area contributed by atoms with Crippen LogP contribution in [0.25, 0.3) is 6.08 Å². The van der Waals surface area contributed by atoms with Gasteiger partial charge in [0.2, 0.25) is 5.91 Å². The van der Waals surface area contributed by atoms with E-state index < -0.39 is 0 Å². The van der Waals surface area contributed by atoms with Crippen molar-refractivity contribution in [1.82, 2.24) is 10.6 Å². The Kier molecular flexibility index (Phi) is 8.65. The van der Waals surface area contributed by atoms with Crippen LogP contribution in [0.15, 0.2) is 36.0 Å². The van der Waals surface area contributed by atoms with Crippen LogP contribution in [-0.4, -0.2) is 18.4 Å². The van der Waals surface area contributed by atoms with Crippen LogP contribution in [0.2, 0.25) is 0 Å². The minimum Gasteiger partial charge on any atom is -0.351 e. The molecule has 0 atom stereocenters. The average molecular weight is 302 g/mol. The van der Waals surface area contributed by atoms with E-state index in [0.717, 1.165) is 18.4 Å². The lowest BCUT2D eigenvalue weighted by molar-refractivity contribution is -0.122. The Labute approximate surface area is 133 Å². The fourth-order valence-corrected chi connectivity index (χ4v) is 2.09. The SMILES string of the molecule is CCCCCCCNC(=O)/C(=C\c1ccccc1)NC(C)=O. The van der Waals surface area contributed by atoms with Crippen molar-refractivity contribution in [3.63, 3.8) is 0 Å². The summed E-state index contributed by atoms with van der Waals surface area (Å²) in [6, 6.07) is 9.47. The van der Waals surface area contributed by atoms with Crippen LogP contribution < -0.4 is 10.6 Å². The van der Waals surface area contributed by atoms with Gasteiger partial charge in [0.25, 0.3) is 5.91 Å². The lowest BCUT2D eigenvalue weighted by atomic mass is 10.1. The Morgan fingerprint density at radius 1 is 1.05 bits per heavy atom. The molecule has 1 aromatic rings. The van der Waals surface area contributed by atoms with Gasteiger partial charge in [0.15, 0.2) is 0 Å². The van der Waals surface area contributed by atoms with Crippen LogP contribution in [0.5, 0.6) is 0 Å². The number of unbranched alkanes of at least 4 members (excludes halogenated alkanes) is 4. The third kappa shape index (κ3) is 7.62. The molecule has 120 valence electrons. The molecule has 0 saturated carbocycles. The number of benzene rings is 1. The highest BCUT2D eigenvalue weighted by atomic mass is 16.2. The van der Waals surface area contributed by atoms with Crippen LogP contribution >= 0.6 is 0 Å². The van der Waals surface area contributed by atoms with Crippen LogP contribution in [0.1, 0.15) is 51.5 Å². The number of rotatable bonds is 9. The molecule has 0 heterocycles. The van der Waals surface area contributed by atoms with Crippen LogP contribution in [0, 0.1) is 0 Å². The summed E-state index contributed by atoms with van der Waals surface area (Å²) in [4.78, 5) is 23.4. The van der Waals surface area contributed by atoms with E-state index in [2.05, 4.69) is 17.6 Å². The van der Waals surface area contributed by atoms with E-state index >= 15 is 0 Å². The van der Waals surface area contributed by atoms with Gasteiger partial charge < -0.3 is 10.6 Å². The first-order valence-electron chi connectivity index (χ1n) is 7.96. The molecule has 0 aliphatic carbocycles. The molecule has 2 amide bonds. The number of carbonyl (C=O) groups is 2. The molecular formula is C18H26N2O2. The van der Waals surface area contributed by atoms with Crippen molar-refractivity contribution in [2.75, 3.05) is 6.54 Å². The van der Waals surface area contributed by atoms with E-state index in [1.807, 2.05) is 30.3 Å². The largest absolute Gasteiger partial charge is 0.351 e. The maximum atomic E-state index is 12.2. The molecule has 0 spiro atoms. The van der Waals surface area contributed by atoms with Gasteiger partial charge in [-0.3, -0.25) is 9.59 Å². The molecule has 0 radical (unpaired) electrons. The van der Waals surface area contributed by atoms with Gasteiger partial charge >= 0.3 is 0 Å². The van der Waals surface area contributed by atoms with Crippen molar-refractivity contribution in [3.8, 4) is 0 Å². The number of amides is 2. The zero-order chi connectivity index (χ0) is 16.2. The summed E-state index contributed by atoms with van der Waals surface area (Å²) in [6.45, 7) is 4.21. The smallest absolute Gasteiger partial charge is 0.267 e. The first kappa shape index (κ1) is 18.0. The molecule has 4 nitrogen and oxygen atoms in total. The van der Waals surface area contributed by atoms with E-state index in [1.165, 1.54) is 26.2 Å². The lowest BCUT2D eigenvalue weighted by Gasteiger charge is -2.09. The van der Waals surface area contributed by atoms with Crippen LogP contribution in [-0.2, 0) is 9.59 Å². The minimum absolute atomic E-state index is 0.241. The van der Waals surface area contributed by atoms with Gasteiger partial charge in [0.05, 0.1) is 0 Å². The van der Waals surface area contributed by atoms with Crippen LogP contribution in [0.4, 0.5) is 0 Å². The highest BCUT2D eigenvalue weighted by Crippen LogP contribution is 2.06. The summed E-state index contributed by atoms with van der Waals surface area (Å²) in [5, 5.41) is 5.46. The van der Waals surface area contributed by atoms with E-state index in [0.29, 0.717) is 6.54 Å². The highest BCUT2D eigenvalue weighted by Gasteiger charge is 2.10. The summed E-state index contributed by atoms with van der Waals surface area (Å²) >= 11 is 0. The third-order valence-corrected chi connectivity index (χ3v) is 3.23. The van der Waals surface area contributed by atoms with Gasteiger partial charge in [-0.05, 0) is 18.1 Å². The number of nitrogens with one attached hydrogen (secondary N) is 2. The Morgan fingerprint density at radius 2 is 1.73 bits per heavy atom. The molecule has 2 N–H and O–H groups in total. The van der Waals surface area contributed by atoms with Crippen molar-refractivity contribution < 1.29 is 9.59 Å². The fraction of sp³-hybridized carbons (Fsp3) is 0.444. The Bertz CT molecular complexity index is 495. The second kappa shape index (κ2) is 10.6. The first-order chi connectivity index (χ1) is 10.6. The second-order valence-electron chi connectivity index (χ2n) is 5.32. The maximum Gasteiger partial charge on any atom is 0.267 e. The number of hydrogen-bond donors (Lipinski definition) is 2. The molecule has 1 aromatic carbocycles. The third-order valence-electron chi connectivity index (χ3n) is 3.23. The predicted molar refractivity (Wildman–Crippen MR) is 90.0 cm³/mol. The second-order valence-corrected chi connectivity index (χ2v) is 5.32. The van der Waals surface area contributed by atoms with E-state index in [1.54, 1.807) is 6.08 Å². The summed E-state index contributed by atoms with van der Waals surface area (Å²) in [5.74, 6) is -0.491. The predicted octanol–water partition coefficient (Wildman–Crippen LogP) is 3.25. The summed E-state index contributed by atoms with van der Waals surface area (Å²) in [7, 11) is 0. The first-order valence-corrected chi connectivity index (χ1v) is 7.96. The maximum absolute atomic E-state index is 12.2. The Morgan fingerprint density at radius 3 is 2.36 bits per heavy atom. The molecule has 0 aliphatic heterocycles. The van der Waals surface area contributed by atoms with E-state index in [-0.39, 0.29) is 17.5 Å². The molecule has 22 heavy (non-hydrogen) atoms.